The van der Waals surface area contributed by atoms with Crippen LogP contribution in [0.3, 0.4) is 0 Å². The highest BCUT2D eigenvalue weighted by atomic mass is 16.6. The van der Waals surface area contributed by atoms with Gasteiger partial charge in [0.25, 0.3) is 5.69 Å². The van der Waals surface area contributed by atoms with Crippen LogP contribution in [0.1, 0.15) is 5.56 Å². The van der Waals surface area contributed by atoms with E-state index in [2.05, 4.69) is 5.43 Å². The van der Waals surface area contributed by atoms with E-state index in [9.17, 15) is 10.1 Å². The van der Waals surface area contributed by atoms with E-state index >= 15 is 0 Å². The van der Waals surface area contributed by atoms with Gasteiger partial charge in [-0.15, -0.1) is 0 Å². The van der Waals surface area contributed by atoms with Crippen molar-refractivity contribution < 1.29 is 4.92 Å². The topological polar surface area (TPSA) is 81.2 Å². The zero-order valence-electron chi connectivity index (χ0n) is 6.57. The predicted octanol–water partition coefficient (Wildman–Crippen LogP) is 1.19. The first-order valence-electron chi connectivity index (χ1n) is 3.37. The standard InChI is InChI=1S/C7H9N3O2/c1-5-2-3-6(9-8)7(4-5)10(11)12/h2-4,9H,8H2,1H3. The molecule has 0 heterocycles. The molecule has 3 N–H and O–H groups in total. The molecule has 0 aliphatic rings. The number of nitrogens with zero attached hydrogens (tertiary/aromatic N) is 1. The van der Waals surface area contributed by atoms with Crippen molar-refractivity contribution in [1.29, 1.82) is 0 Å². The third kappa shape index (κ3) is 1.51. The summed E-state index contributed by atoms with van der Waals surface area (Å²) in [4.78, 5) is 9.97. The number of nitro benzene ring substituents is 1. The van der Waals surface area contributed by atoms with Crippen LogP contribution in [0.25, 0.3) is 0 Å². The number of nitrogens with two attached hydrogens (primary N) is 1. The maximum absolute atomic E-state index is 10.4. The molecule has 12 heavy (non-hydrogen) atoms. The molecule has 0 saturated carbocycles. The van der Waals surface area contributed by atoms with E-state index in [1.54, 1.807) is 19.1 Å². The van der Waals surface area contributed by atoms with Crippen LogP contribution in [0.15, 0.2) is 18.2 Å². The van der Waals surface area contributed by atoms with Gasteiger partial charge in [0.2, 0.25) is 0 Å². The summed E-state index contributed by atoms with van der Waals surface area (Å²) in [7, 11) is 0. The number of hydrazine groups is 1. The van der Waals surface area contributed by atoms with Gasteiger partial charge in [-0.25, -0.2) is 0 Å². The number of nitrogen functional groups attached to an aromatic ring is 1. The molecule has 0 radical (unpaired) electrons. The first-order chi connectivity index (χ1) is 5.65. The van der Waals surface area contributed by atoms with Gasteiger partial charge in [0.15, 0.2) is 0 Å². The number of benzene rings is 1. The number of hydrogen-bond acceptors (Lipinski definition) is 4. The SMILES string of the molecule is Cc1ccc(NN)c([N+](=O)[O-])c1. The highest BCUT2D eigenvalue weighted by molar-refractivity contribution is 5.61. The molecule has 0 aromatic heterocycles. The molecule has 1 aromatic carbocycles. The van der Waals surface area contributed by atoms with Crippen LogP contribution in [0.4, 0.5) is 11.4 Å². The molecule has 0 amide bonds. The van der Waals surface area contributed by atoms with Crippen molar-refractivity contribution in [3.8, 4) is 0 Å². The number of rotatable bonds is 2. The zero-order chi connectivity index (χ0) is 9.14. The monoisotopic (exact) mass is 167 g/mol. The fourth-order valence-electron chi connectivity index (χ4n) is 0.915. The third-order valence-electron chi connectivity index (χ3n) is 1.51. The lowest BCUT2D eigenvalue weighted by molar-refractivity contribution is -0.384. The summed E-state index contributed by atoms with van der Waals surface area (Å²) in [5.74, 6) is 5.08. The second-order valence-electron chi connectivity index (χ2n) is 2.42. The molecule has 0 fully saturated rings. The highest BCUT2D eigenvalue weighted by Crippen LogP contribution is 2.23. The van der Waals surface area contributed by atoms with E-state index < -0.39 is 4.92 Å². The predicted molar refractivity (Wildman–Crippen MR) is 45.6 cm³/mol. The molecule has 64 valence electrons. The van der Waals surface area contributed by atoms with Crippen LogP contribution < -0.4 is 11.3 Å². The van der Waals surface area contributed by atoms with Crippen LogP contribution in [0.2, 0.25) is 0 Å². The van der Waals surface area contributed by atoms with Crippen molar-refractivity contribution in [3.05, 3.63) is 33.9 Å². The molecule has 0 unspecified atom stereocenters. The van der Waals surface area contributed by atoms with Crippen LogP contribution >= 0.6 is 0 Å². The average Bonchev–Trinajstić information content (AvgIpc) is 2.04. The van der Waals surface area contributed by atoms with E-state index in [1.807, 2.05) is 0 Å². The highest BCUT2D eigenvalue weighted by Gasteiger charge is 2.11. The smallest absolute Gasteiger partial charge is 0.293 e. The number of nitrogens with one attached hydrogen (secondary N) is 1. The van der Waals surface area contributed by atoms with Gasteiger partial charge in [0.1, 0.15) is 5.69 Å². The molecule has 0 atom stereocenters. The number of anilines is 1. The fraction of sp³-hybridized carbons (Fsp3) is 0.143. The van der Waals surface area contributed by atoms with Gasteiger partial charge in [-0.3, -0.25) is 16.0 Å². The maximum Gasteiger partial charge on any atom is 0.293 e. The van der Waals surface area contributed by atoms with Gasteiger partial charge < -0.3 is 5.43 Å². The molecule has 0 spiro atoms. The molecule has 1 aromatic rings. The summed E-state index contributed by atoms with van der Waals surface area (Å²) in [6.07, 6.45) is 0. The average molecular weight is 167 g/mol. The number of nitro groups is 1. The van der Waals surface area contributed by atoms with Crippen molar-refractivity contribution in [2.75, 3.05) is 5.43 Å². The summed E-state index contributed by atoms with van der Waals surface area (Å²) >= 11 is 0. The molecule has 5 nitrogen and oxygen atoms in total. The minimum Gasteiger partial charge on any atom is -0.318 e. The summed E-state index contributed by atoms with van der Waals surface area (Å²) < 4.78 is 0. The Bertz CT molecular complexity index is 312. The van der Waals surface area contributed by atoms with Gasteiger partial charge in [-0.1, -0.05) is 6.07 Å². The Labute approximate surface area is 69.3 Å². The van der Waals surface area contributed by atoms with Crippen molar-refractivity contribution in [3.63, 3.8) is 0 Å². The quantitative estimate of drug-likeness (QED) is 0.394. The van der Waals surface area contributed by atoms with Crippen LogP contribution in [0, 0.1) is 17.0 Å². The summed E-state index contributed by atoms with van der Waals surface area (Å²) in [5, 5.41) is 10.4. The van der Waals surface area contributed by atoms with Gasteiger partial charge >= 0.3 is 0 Å². The Hall–Kier alpha value is -1.62. The van der Waals surface area contributed by atoms with Gasteiger partial charge in [0, 0.05) is 6.07 Å². The van der Waals surface area contributed by atoms with Crippen molar-refractivity contribution in [1.82, 2.24) is 0 Å². The molecule has 0 aliphatic carbocycles. The Morgan fingerprint density at radius 3 is 2.75 bits per heavy atom. The van der Waals surface area contributed by atoms with Gasteiger partial charge in [0.05, 0.1) is 4.92 Å². The molecule has 0 saturated heterocycles. The molecule has 0 aliphatic heterocycles. The second-order valence-corrected chi connectivity index (χ2v) is 2.42. The van der Waals surface area contributed by atoms with E-state index in [-0.39, 0.29) is 5.69 Å². The minimum absolute atomic E-state index is 0.00231. The van der Waals surface area contributed by atoms with Crippen molar-refractivity contribution in [2.24, 2.45) is 5.84 Å². The fourth-order valence-corrected chi connectivity index (χ4v) is 0.915. The first kappa shape index (κ1) is 8.48. The number of hydrogen-bond donors (Lipinski definition) is 2. The molecule has 1 rings (SSSR count). The lowest BCUT2D eigenvalue weighted by Crippen LogP contribution is -2.08. The third-order valence-corrected chi connectivity index (χ3v) is 1.51. The zero-order valence-corrected chi connectivity index (χ0v) is 6.57. The van der Waals surface area contributed by atoms with Crippen molar-refractivity contribution in [2.45, 2.75) is 6.92 Å². The van der Waals surface area contributed by atoms with Crippen molar-refractivity contribution >= 4 is 11.4 Å². The van der Waals surface area contributed by atoms with Gasteiger partial charge in [-0.2, -0.15) is 0 Å². The van der Waals surface area contributed by atoms with Crippen LogP contribution in [-0.2, 0) is 0 Å². The van der Waals surface area contributed by atoms with Crippen LogP contribution in [-0.4, -0.2) is 4.92 Å². The maximum atomic E-state index is 10.4. The summed E-state index contributed by atoms with van der Waals surface area (Å²) in [6.45, 7) is 1.79. The minimum atomic E-state index is -0.470. The Morgan fingerprint density at radius 2 is 2.25 bits per heavy atom. The first-order valence-corrected chi connectivity index (χ1v) is 3.37. The largest absolute Gasteiger partial charge is 0.318 e. The molecular weight excluding hydrogens is 158 g/mol. The molecule has 0 bridgehead atoms. The molecular formula is C7H9N3O2. The summed E-state index contributed by atoms with van der Waals surface area (Å²) in [5.41, 5.74) is 3.42. The van der Waals surface area contributed by atoms with E-state index in [0.717, 1.165) is 5.56 Å². The Balaban J connectivity index is 3.21. The lowest BCUT2D eigenvalue weighted by Gasteiger charge is -2.01. The number of aryl methyl sites for hydroxylation is 1. The van der Waals surface area contributed by atoms with E-state index in [4.69, 9.17) is 5.84 Å². The second kappa shape index (κ2) is 3.19. The van der Waals surface area contributed by atoms with E-state index in [1.165, 1.54) is 6.07 Å². The van der Waals surface area contributed by atoms with E-state index in [0.29, 0.717) is 5.69 Å². The summed E-state index contributed by atoms with van der Waals surface area (Å²) in [6, 6.07) is 4.80. The van der Waals surface area contributed by atoms with Crippen LogP contribution in [0.5, 0.6) is 0 Å². The Kier molecular flexibility index (Phi) is 2.25. The molecule has 5 heteroatoms. The van der Waals surface area contributed by atoms with Gasteiger partial charge in [-0.05, 0) is 18.6 Å². The Morgan fingerprint density at radius 1 is 1.58 bits per heavy atom. The normalized spacial score (nSPS) is 9.50. The lowest BCUT2D eigenvalue weighted by atomic mass is 10.2.